The fourth-order valence-electron chi connectivity index (χ4n) is 1.46. The molecule has 19 heavy (non-hydrogen) atoms. The Labute approximate surface area is 115 Å². The number of anilines is 1. The van der Waals surface area contributed by atoms with Crippen molar-refractivity contribution in [3.63, 3.8) is 0 Å². The van der Waals surface area contributed by atoms with Gasteiger partial charge in [0.25, 0.3) is 5.91 Å². The maximum atomic E-state index is 11.9. The van der Waals surface area contributed by atoms with Crippen molar-refractivity contribution in [2.24, 2.45) is 5.73 Å². The van der Waals surface area contributed by atoms with Gasteiger partial charge in [-0.25, -0.2) is 4.98 Å². The van der Waals surface area contributed by atoms with Gasteiger partial charge < -0.3 is 11.1 Å². The fourth-order valence-corrected chi connectivity index (χ4v) is 1.58. The lowest BCUT2D eigenvalue weighted by Gasteiger charge is -2.06. The smallest absolute Gasteiger partial charge is 0.275 e. The molecule has 0 radical (unpaired) electrons. The van der Waals surface area contributed by atoms with Gasteiger partial charge >= 0.3 is 0 Å². The second-order valence-corrected chi connectivity index (χ2v) is 4.38. The van der Waals surface area contributed by atoms with Crippen molar-refractivity contribution in [3.8, 4) is 0 Å². The lowest BCUT2D eigenvalue weighted by atomic mass is 10.2. The lowest BCUT2D eigenvalue weighted by Crippen LogP contribution is -2.15. The number of hydrogen-bond acceptors (Lipinski definition) is 4. The minimum Gasteiger partial charge on any atom is -0.389 e. The highest BCUT2D eigenvalue weighted by Gasteiger charge is 2.08. The molecule has 6 heteroatoms. The molecule has 2 aromatic rings. The second-order valence-electron chi connectivity index (χ2n) is 3.94. The molecule has 1 aromatic heterocycles. The standard InChI is InChI=1S/C13H12N4OS/c1-8-6-16-11(7-15-8)13(18)17-10-4-2-3-9(5-10)12(14)19/h2-7H,1H3,(H2,14,19)(H,17,18). The molecule has 1 heterocycles. The van der Waals surface area contributed by atoms with Crippen molar-refractivity contribution in [1.29, 1.82) is 0 Å². The van der Waals surface area contributed by atoms with Gasteiger partial charge in [0.15, 0.2) is 0 Å². The molecular formula is C13H12N4OS. The van der Waals surface area contributed by atoms with Crippen LogP contribution in [0.1, 0.15) is 21.7 Å². The summed E-state index contributed by atoms with van der Waals surface area (Å²) < 4.78 is 0. The molecule has 1 aromatic carbocycles. The first-order valence-electron chi connectivity index (χ1n) is 5.56. The predicted octanol–water partition coefficient (Wildman–Crippen LogP) is 1.67. The van der Waals surface area contributed by atoms with Gasteiger partial charge in [-0.1, -0.05) is 24.4 Å². The van der Waals surface area contributed by atoms with Crippen molar-refractivity contribution in [2.45, 2.75) is 6.92 Å². The van der Waals surface area contributed by atoms with Gasteiger partial charge in [-0.2, -0.15) is 0 Å². The molecular weight excluding hydrogens is 260 g/mol. The molecule has 96 valence electrons. The third-order valence-electron chi connectivity index (χ3n) is 2.42. The number of amides is 1. The number of benzene rings is 1. The Morgan fingerprint density at radius 3 is 2.74 bits per heavy atom. The summed E-state index contributed by atoms with van der Waals surface area (Å²) in [6.45, 7) is 1.81. The van der Waals surface area contributed by atoms with E-state index in [9.17, 15) is 4.79 Å². The van der Waals surface area contributed by atoms with Gasteiger partial charge in [-0.05, 0) is 19.1 Å². The van der Waals surface area contributed by atoms with E-state index in [0.717, 1.165) is 5.69 Å². The molecule has 0 aliphatic carbocycles. The third-order valence-corrected chi connectivity index (χ3v) is 2.65. The Bertz CT molecular complexity index is 625. The number of rotatable bonds is 3. The number of thiocarbonyl (C=S) groups is 1. The van der Waals surface area contributed by atoms with E-state index in [4.69, 9.17) is 18.0 Å². The Balaban J connectivity index is 2.17. The maximum Gasteiger partial charge on any atom is 0.275 e. The fraction of sp³-hybridized carbons (Fsp3) is 0.0769. The summed E-state index contributed by atoms with van der Waals surface area (Å²) in [6.07, 6.45) is 2.97. The van der Waals surface area contributed by atoms with E-state index in [2.05, 4.69) is 15.3 Å². The summed E-state index contributed by atoms with van der Waals surface area (Å²) in [4.78, 5) is 20.2. The van der Waals surface area contributed by atoms with E-state index in [-0.39, 0.29) is 16.6 Å². The number of aryl methyl sites for hydroxylation is 1. The Morgan fingerprint density at radius 2 is 2.11 bits per heavy atom. The number of aromatic nitrogens is 2. The average Bonchev–Trinajstić information content (AvgIpc) is 2.39. The van der Waals surface area contributed by atoms with E-state index in [1.807, 2.05) is 0 Å². The minimum absolute atomic E-state index is 0.256. The summed E-state index contributed by atoms with van der Waals surface area (Å²) in [6, 6.07) is 7.01. The van der Waals surface area contributed by atoms with Crippen LogP contribution in [0.3, 0.4) is 0 Å². The third kappa shape index (κ3) is 3.32. The molecule has 0 aliphatic rings. The number of nitrogens with two attached hydrogens (primary N) is 1. The summed E-state index contributed by atoms with van der Waals surface area (Å²) >= 11 is 4.89. The summed E-state index contributed by atoms with van der Waals surface area (Å²) in [5.74, 6) is -0.326. The first-order chi connectivity index (χ1) is 9.06. The van der Waals surface area contributed by atoms with E-state index in [0.29, 0.717) is 11.3 Å². The maximum absolute atomic E-state index is 11.9. The second kappa shape index (κ2) is 5.53. The van der Waals surface area contributed by atoms with Gasteiger partial charge in [0, 0.05) is 17.4 Å². The summed E-state index contributed by atoms with van der Waals surface area (Å²) in [5.41, 5.74) is 7.86. The molecule has 0 saturated heterocycles. The van der Waals surface area contributed by atoms with Crippen LogP contribution in [0.25, 0.3) is 0 Å². The van der Waals surface area contributed by atoms with Crippen LogP contribution in [0.2, 0.25) is 0 Å². The summed E-state index contributed by atoms with van der Waals surface area (Å²) in [5, 5.41) is 2.72. The van der Waals surface area contributed by atoms with E-state index in [1.165, 1.54) is 6.20 Å². The molecule has 0 fully saturated rings. The molecule has 0 unspecified atom stereocenters. The summed E-state index contributed by atoms with van der Waals surface area (Å²) in [7, 11) is 0. The first kappa shape index (κ1) is 13.1. The molecule has 0 spiro atoms. The zero-order valence-electron chi connectivity index (χ0n) is 10.3. The van der Waals surface area contributed by atoms with Crippen LogP contribution < -0.4 is 11.1 Å². The van der Waals surface area contributed by atoms with Crippen LogP contribution in [0.5, 0.6) is 0 Å². The number of hydrogen-bond donors (Lipinski definition) is 2. The zero-order chi connectivity index (χ0) is 13.8. The normalized spacial score (nSPS) is 9.95. The van der Waals surface area contributed by atoms with E-state index in [1.54, 1.807) is 37.4 Å². The van der Waals surface area contributed by atoms with Crippen LogP contribution in [0, 0.1) is 6.92 Å². The molecule has 5 nitrogen and oxygen atoms in total. The van der Waals surface area contributed by atoms with Gasteiger partial charge in [0.1, 0.15) is 10.7 Å². The van der Waals surface area contributed by atoms with Crippen LogP contribution in [0.15, 0.2) is 36.7 Å². The van der Waals surface area contributed by atoms with Crippen LogP contribution in [-0.2, 0) is 0 Å². The molecule has 0 saturated carbocycles. The Morgan fingerprint density at radius 1 is 1.32 bits per heavy atom. The predicted molar refractivity (Wildman–Crippen MR) is 77.1 cm³/mol. The van der Waals surface area contributed by atoms with Gasteiger partial charge in [-0.15, -0.1) is 0 Å². The largest absolute Gasteiger partial charge is 0.389 e. The number of nitrogens with one attached hydrogen (secondary N) is 1. The number of carbonyl (C=O) groups is 1. The average molecular weight is 272 g/mol. The van der Waals surface area contributed by atoms with Crippen molar-refractivity contribution in [2.75, 3.05) is 5.32 Å². The highest BCUT2D eigenvalue weighted by Crippen LogP contribution is 2.11. The molecule has 0 bridgehead atoms. The molecule has 0 aliphatic heterocycles. The van der Waals surface area contributed by atoms with Crippen LogP contribution >= 0.6 is 12.2 Å². The minimum atomic E-state index is -0.326. The molecule has 2 rings (SSSR count). The SMILES string of the molecule is Cc1cnc(C(=O)Nc2cccc(C(N)=S)c2)cn1. The molecule has 3 N–H and O–H groups in total. The topological polar surface area (TPSA) is 80.9 Å². The lowest BCUT2D eigenvalue weighted by molar-refractivity contribution is 0.102. The Kier molecular flexibility index (Phi) is 3.82. The zero-order valence-corrected chi connectivity index (χ0v) is 11.1. The van der Waals surface area contributed by atoms with Crippen LogP contribution in [-0.4, -0.2) is 20.9 Å². The molecule has 0 atom stereocenters. The van der Waals surface area contributed by atoms with E-state index < -0.39 is 0 Å². The quantitative estimate of drug-likeness (QED) is 0.831. The van der Waals surface area contributed by atoms with Gasteiger partial charge in [-0.3, -0.25) is 9.78 Å². The first-order valence-corrected chi connectivity index (χ1v) is 5.97. The highest BCUT2D eigenvalue weighted by molar-refractivity contribution is 7.80. The van der Waals surface area contributed by atoms with Gasteiger partial charge in [0.2, 0.25) is 0 Å². The highest BCUT2D eigenvalue weighted by atomic mass is 32.1. The molecule has 1 amide bonds. The van der Waals surface area contributed by atoms with Crippen molar-refractivity contribution < 1.29 is 4.79 Å². The number of nitrogens with zero attached hydrogens (tertiary/aromatic N) is 2. The number of carbonyl (C=O) groups excluding carboxylic acids is 1. The monoisotopic (exact) mass is 272 g/mol. The van der Waals surface area contributed by atoms with Crippen molar-refractivity contribution in [3.05, 3.63) is 53.6 Å². The van der Waals surface area contributed by atoms with E-state index >= 15 is 0 Å². The van der Waals surface area contributed by atoms with Crippen LogP contribution in [0.4, 0.5) is 5.69 Å². The van der Waals surface area contributed by atoms with Crippen molar-refractivity contribution >= 4 is 28.8 Å². The van der Waals surface area contributed by atoms with Crippen molar-refractivity contribution in [1.82, 2.24) is 9.97 Å². The van der Waals surface area contributed by atoms with Gasteiger partial charge in [0.05, 0.1) is 11.9 Å². The Hall–Kier alpha value is -2.34.